The first kappa shape index (κ1) is 13.2. The van der Waals surface area contributed by atoms with E-state index in [0.717, 1.165) is 6.54 Å². The van der Waals surface area contributed by atoms with Crippen molar-refractivity contribution >= 4 is 0 Å². The molecule has 0 spiro atoms. The first-order chi connectivity index (χ1) is 4.27. The van der Waals surface area contributed by atoms with Crippen LogP contribution in [-0.2, 0) is 0 Å². The van der Waals surface area contributed by atoms with Crippen molar-refractivity contribution < 1.29 is 18.9 Å². The van der Waals surface area contributed by atoms with Gasteiger partial charge in [-0.3, -0.25) is 0 Å². The van der Waals surface area contributed by atoms with Gasteiger partial charge in [0, 0.05) is 0 Å². The van der Waals surface area contributed by atoms with E-state index < -0.39 is 0 Å². The molecule has 10 heavy (non-hydrogen) atoms. The van der Waals surface area contributed by atoms with E-state index in [9.17, 15) is 0 Å². The molecule has 0 N–H and O–H groups in total. The van der Waals surface area contributed by atoms with Crippen molar-refractivity contribution in [3.63, 3.8) is 0 Å². The minimum atomic E-state index is 0. The van der Waals surface area contributed by atoms with E-state index in [1.54, 1.807) is 0 Å². The van der Waals surface area contributed by atoms with Crippen molar-refractivity contribution in [2.24, 2.45) is 0 Å². The summed E-state index contributed by atoms with van der Waals surface area (Å²) in [6.45, 7) is 7.54. The largest absolute Gasteiger partial charge is 1.00 e. The minimum Gasteiger partial charge on any atom is -0.660 e. The van der Waals surface area contributed by atoms with Crippen molar-refractivity contribution in [2.75, 3.05) is 6.54 Å². The zero-order valence-corrected chi connectivity index (χ0v) is 7.85. The number of nitrogens with zero attached hydrogens (tertiary/aromatic N) is 1. The molecule has 0 bridgehead atoms. The maximum atomic E-state index is 4.36. The number of hydrogen-bond donors (Lipinski definition) is 0. The van der Waals surface area contributed by atoms with Crippen molar-refractivity contribution in [3.8, 4) is 0 Å². The molecule has 0 unspecified atom stereocenters. The monoisotopic (exact) mass is 135 g/mol. The van der Waals surface area contributed by atoms with Gasteiger partial charge in [-0.15, -0.1) is 12.6 Å². The maximum Gasteiger partial charge on any atom is 1.00 e. The van der Waals surface area contributed by atoms with Crippen LogP contribution in [0.1, 0.15) is 40.0 Å². The van der Waals surface area contributed by atoms with Crippen molar-refractivity contribution in [3.05, 3.63) is 5.32 Å². The molecule has 0 saturated heterocycles. The maximum absolute atomic E-state index is 4.36. The standard InChI is InChI=1S/C8H18N.Li/c1-4-5-6-7-9-8(2)3;/h8H,4-7H2,1-3H3;/q-1;+1. The molecule has 0 aromatic rings. The molecule has 0 atom stereocenters. The molecule has 0 rings (SSSR count). The fraction of sp³-hybridized carbons (Fsp3) is 1.00. The number of hydrogen-bond acceptors (Lipinski definition) is 0. The van der Waals surface area contributed by atoms with Crippen molar-refractivity contribution in [2.45, 2.75) is 46.1 Å². The van der Waals surface area contributed by atoms with Crippen LogP contribution in [0, 0.1) is 0 Å². The van der Waals surface area contributed by atoms with Gasteiger partial charge in [-0.2, -0.15) is 0 Å². The fourth-order valence-electron chi connectivity index (χ4n) is 0.711. The van der Waals surface area contributed by atoms with Gasteiger partial charge in [0.15, 0.2) is 0 Å². The summed E-state index contributed by atoms with van der Waals surface area (Å²) in [7, 11) is 0. The van der Waals surface area contributed by atoms with E-state index in [1.165, 1.54) is 19.3 Å². The molecule has 0 heterocycles. The predicted octanol–water partition coefficient (Wildman–Crippen LogP) is -0.0373. The third-order valence-electron chi connectivity index (χ3n) is 1.26. The average molecular weight is 135 g/mol. The zero-order chi connectivity index (χ0) is 7.11. The molecule has 56 valence electrons. The smallest absolute Gasteiger partial charge is 0.660 e. The number of rotatable bonds is 5. The van der Waals surface area contributed by atoms with E-state index in [0.29, 0.717) is 6.04 Å². The summed E-state index contributed by atoms with van der Waals surface area (Å²) < 4.78 is 0. The Labute approximate surface area is 77.1 Å². The quantitative estimate of drug-likeness (QED) is 0.371. The zero-order valence-electron chi connectivity index (χ0n) is 7.85. The summed E-state index contributed by atoms with van der Waals surface area (Å²) in [5.74, 6) is 0. The SMILES string of the molecule is CCCCC[N-]C(C)C.[Li+]. The summed E-state index contributed by atoms with van der Waals surface area (Å²) in [5, 5.41) is 4.36. The second-order valence-electron chi connectivity index (χ2n) is 2.71. The summed E-state index contributed by atoms with van der Waals surface area (Å²) in [6, 6.07) is 0.529. The van der Waals surface area contributed by atoms with E-state index >= 15 is 0 Å². The van der Waals surface area contributed by atoms with Crippen molar-refractivity contribution in [1.82, 2.24) is 0 Å². The third kappa shape index (κ3) is 11.4. The van der Waals surface area contributed by atoms with Crippen LogP contribution in [0.25, 0.3) is 5.32 Å². The predicted molar refractivity (Wildman–Crippen MR) is 42.9 cm³/mol. The van der Waals surface area contributed by atoms with Gasteiger partial charge >= 0.3 is 18.9 Å². The molecular weight excluding hydrogens is 117 g/mol. The van der Waals surface area contributed by atoms with Gasteiger partial charge in [0.05, 0.1) is 0 Å². The molecule has 0 aliphatic rings. The van der Waals surface area contributed by atoms with Crippen molar-refractivity contribution in [1.29, 1.82) is 0 Å². The van der Waals surface area contributed by atoms with Gasteiger partial charge in [0.25, 0.3) is 0 Å². The Balaban J connectivity index is 0. The van der Waals surface area contributed by atoms with E-state index in [4.69, 9.17) is 0 Å². The van der Waals surface area contributed by atoms with E-state index in [1.807, 2.05) is 0 Å². The van der Waals surface area contributed by atoms with Gasteiger partial charge in [-0.1, -0.05) is 40.0 Å². The topological polar surface area (TPSA) is 14.1 Å². The fourth-order valence-corrected chi connectivity index (χ4v) is 0.711. The van der Waals surface area contributed by atoms with Crippen LogP contribution in [-0.4, -0.2) is 12.6 Å². The second kappa shape index (κ2) is 9.56. The van der Waals surface area contributed by atoms with Gasteiger partial charge in [-0.05, 0) is 0 Å². The Hall–Kier alpha value is 0.557. The Morgan fingerprint density at radius 3 is 2.20 bits per heavy atom. The molecule has 0 aromatic heterocycles. The molecule has 1 nitrogen and oxygen atoms in total. The summed E-state index contributed by atoms with van der Waals surface area (Å²) in [5.41, 5.74) is 0. The van der Waals surface area contributed by atoms with Crippen LogP contribution in [0.4, 0.5) is 0 Å². The number of unbranched alkanes of at least 4 members (excludes halogenated alkanes) is 2. The molecule has 0 aromatic carbocycles. The molecular formula is C8H18LiN. The molecule has 0 saturated carbocycles. The van der Waals surface area contributed by atoms with Crippen LogP contribution in [0.2, 0.25) is 0 Å². The Bertz CT molecular complexity index is 55.2. The van der Waals surface area contributed by atoms with E-state index in [-0.39, 0.29) is 18.9 Å². The normalized spacial score (nSPS) is 9.60. The molecule has 0 aliphatic heterocycles. The van der Waals surface area contributed by atoms with Gasteiger partial charge < -0.3 is 5.32 Å². The van der Waals surface area contributed by atoms with E-state index in [2.05, 4.69) is 26.1 Å². The Morgan fingerprint density at radius 2 is 1.80 bits per heavy atom. The minimum absolute atomic E-state index is 0. The molecule has 2 heteroatoms. The summed E-state index contributed by atoms with van der Waals surface area (Å²) >= 11 is 0. The van der Waals surface area contributed by atoms with Crippen LogP contribution < -0.4 is 18.9 Å². The second-order valence-corrected chi connectivity index (χ2v) is 2.71. The van der Waals surface area contributed by atoms with Crippen LogP contribution in [0.5, 0.6) is 0 Å². The van der Waals surface area contributed by atoms with Crippen LogP contribution >= 0.6 is 0 Å². The Kier molecular flexibility index (Phi) is 12.6. The molecule has 0 amide bonds. The molecule has 0 aliphatic carbocycles. The summed E-state index contributed by atoms with van der Waals surface area (Å²) in [4.78, 5) is 0. The summed E-state index contributed by atoms with van der Waals surface area (Å²) in [6.07, 6.45) is 3.90. The average Bonchev–Trinajstić information content (AvgIpc) is 1.80. The van der Waals surface area contributed by atoms with Gasteiger partial charge in [0.2, 0.25) is 0 Å². The third-order valence-corrected chi connectivity index (χ3v) is 1.26. The first-order valence-electron chi connectivity index (χ1n) is 3.94. The van der Waals surface area contributed by atoms with Gasteiger partial charge in [-0.25, -0.2) is 0 Å². The Morgan fingerprint density at radius 1 is 1.20 bits per heavy atom. The first-order valence-corrected chi connectivity index (χ1v) is 3.94. The van der Waals surface area contributed by atoms with Gasteiger partial charge in [0.1, 0.15) is 0 Å². The van der Waals surface area contributed by atoms with Crippen LogP contribution in [0.3, 0.4) is 0 Å². The van der Waals surface area contributed by atoms with Crippen LogP contribution in [0.15, 0.2) is 0 Å². The molecule has 0 fully saturated rings. The molecule has 0 radical (unpaired) electrons.